The fourth-order valence-corrected chi connectivity index (χ4v) is 2.96. The number of hydrogen-bond donors (Lipinski definition) is 0. The van der Waals surface area contributed by atoms with Crippen molar-refractivity contribution in [2.24, 2.45) is 0 Å². The summed E-state index contributed by atoms with van der Waals surface area (Å²) in [6, 6.07) is 16.2. The highest BCUT2D eigenvalue weighted by atomic mass is 16.6. The Kier molecular flexibility index (Phi) is 7.42. The Bertz CT molecular complexity index is 1130. The minimum Gasteiger partial charge on any atom is -0.462 e. The van der Waals surface area contributed by atoms with Crippen LogP contribution < -0.4 is 4.90 Å². The van der Waals surface area contributed by atoms with Gasteiger partial charge in [0.2, 0.25) is 0 Å². The fourth-order valence-electron chi connectivity index (χ4n) is 2.96. The second-order valence-corrected chi connectivity index (χ2v) is 6.74. The monoisotopic (exact) mass is 431 g/mol. The fraction of sp³-hybridized carbons (Fsp3) is 0.125. The zero-order valence-corrected chi connectivity index (χ0v) is 17.4. The van der Waals surface area contributed by atoms with Gasteiger partial charge >= 0.3 is 5.97 Å². The molecule has 0 bridgehead atoms. The minimum absolute atomic E-state index is 0.0543. The van der Waals surface area contributed by atoms with Crippen LogP contribution in [0.15, 0.2) is 79.1 Å². The number of carbonyl (C=O) groups excluding carboxylic acids is 2. The van der Waals surface area contributed by atoms with Gasteiger partial charge in [-0.2, -0.15) is 0 Å². The number of ether oxygens (including phenoxy) is 1. The first-order valence-corrected chi connectivity index (χ1v) is 9.88. The number of nitro benzene ring substituents is 1. The summed E-state index contributed by atoms with van der Waals surface area (Å²) in [5, 5.41) is 11.0. The highest BCUT2D eigenvalue weighted by molar-refractivity contribution is 6.04. The lowest BCUT2D eigenvalue weighted by molar-refractivity contribution is -0.384. The SMILES string of the molecule is CCOC(=O)c1ccc(N(Cc2cccnc2)C(=O)/C=C/c2cccc([N+](=O)[O-])c2)cc1. The van der Waals surface area contributed by atoms with Crippen molar-refractivity contribution in [3.05, 3.63) is 106 Å². The number of esters is 1. The van der Waals surface area contributed by atoms with Crippen molar-refractivity contribution in [1.82, 2.24) is 4.98 Å². The van der Waals surface area contributed by atoms with Crippen LogP contribution in [-0.2, 0) is 16.1 Å². The topological polar surface area (TPSA) is 103 Å². The van der Waals surface area contributed by atoms with Crippen molar-refractivity contribution >= 4 is 29.3 Å². The number of aromatic nitrogens is 1. The smallest absolute Gasteiger partial charge is 0.338 e. The molecule has 8 nitrogen and oxygen atoms in total. The van der Waals surface area contributed by atoms with Crippen LogP contribution in [0.25, 0.3) is 6.08 Å². The van der Waals surface area contributed by atoms with Crippen LogP contribution in [0.4, 0.5) is 11.4 Å². The molecule has 8 heteroatoms. The van der Waals surface area contributed by atoms with Crippen LogP contribution in [-0.4, -0.2) is 28.4 Å². The van der Waals surface area contributed by atoms with Gasteiger partial charge in [0.25, 0.3) is 11.6 Å². The molecule has 0 aliphatic heterocycles. The molecule has 0 saturated carbocycles. The van der Waals surface area contributed by atoms with E-state index in [9.17, 15) is 19.7 Å². The van der Waals surface area contributed by atoms with Gasteiger partial charge in [0.1, 0.15) is 0 Å². The number of hydrogen-bond acceptors (Lipinski definition) is 6. The van der Waals surface area contributed by atoms with Crippen LogP contribution in [0.5, 0.6) is 0 Å². The summed E-state index contributed by atoms with van der Waals surface area (Å²) in [6.07, 6.45) is 6.19. The first kappa shape index (κ1) is 22.4. The van der Waals surface area contributed by atoms with E-state index in [-0.39, 0.29) is 24.7 Å². The third-order valence-electron chi connectivity index (χ3n) is 4.52. The average molecular weight is 431 g/mol. The highest BCUT2D eigenvalue weighted by Gasteiger charge is 2.16. The number of amides is 1. The quantitative estimate of drug-likeness (QED) is 0.226. The summed E-state index contributed by atoms with van der Waals surface area (Å²) in [7, 11) is 0. The molecule has 1 heterocycles. The molecule has 0 saturated heterocycles. The average Bonchev–Trinajstić information content (AvgIpc) is 2.82. The van der Waals surface area contributed by atoms with Crippen molar-refractivity contribution in [3.8, 4) is 0 Å². The molecule has 32 heavy (non-hydrogen) atoms. The Balaban J connectivity index is 1.87. The molecule has 1 aromatic heterocycles. The summed E-state index contributed by atoms with van der Waals surface area (Å²) < 4.78 is 5.00. The maximum absolute atomic E-state index is 13.1. The van der Waals surface area contributed by atoms with Gasteiger partial charge in [0.15, 0.2) is 0 Å². The Morgan fingerprint density at radius 1 is 1.12 bits per heavy atom. The van der Waals surface area contributed by atoms with Crippen LogP contribution in [0.3, 0.4) is 0 Å². The van der Waals surface area contributed by atoms with E-state index in [0.717, 1.165) is 5.56 Å². The Morgan fingerprint density at radius 2 is 1.91 bits per heavy atom. The normalized spacial score (nSPS) is 10.7. The molecule has 0 atom stereocenters. The van der Waals surface area contributed by atoms with E-state index >= 15 is 0 Å². The zero-order valence-electron chi connectivity index (χ0n) is 17.4. The lowest BCUT2D eigenvalue weighted by Gasteiger charge is -2.21. The number of non-ortho nitro benzene ring substituents is 1. The molecule has 0 fully saturated rings. The van der Waals surface area contributed by atoms with E-state index in [0.29, 0.717) is 16.8 Å². The number of anilines is 1. The van der Waals surface area contributed by atoms with Gasteiger partial charge in [0.05, 0.1) is 23.6 Å². The molecule has 0 unspecified atom stereocenters. The lowest BCUT2D eigenvalue weighted by Crippen LogP contribution is -2.28. The number of carbonyl (C=O) groups is 2. The zero-order chi connectivity index (χ0) is 22.9. The van der Waals surface area contributed by atoms with Crippen LogP contribution in [0.1, 0.15) is 28.4 Å². The van der Waals surface area contributed by atoms with Gasteiger partial charge in [-0.1, -0.05) is 18.2 Å². The molecule has 0 aliphatic carbocycles. The van der Waals surface area contributed by atoms with E-state index in [1.54, 1.807) is 61.8 Å². The number of nitrogens with zero attached hydrogens (tertiary/aromatic N) is 3. The van der Waals surface area contributed by atoms with E-state index in [1.165, 1.54) is 29.2 Å². The van der Waals surface area contributed by atoms with E-state index in [1.807, 2.05) is 6.07 Å². The third-order valence-corrected chi connectivity index (χ3v) is 4.52. The number of pyridine rings is 1. The standard InChI is InChI=1S/C24H21N3O5/c1-2-32-24(29)20-9-11-21(12-10-20)26(17-19-6-4-14-25-16-19)23(28)13-8-18-5-3-7-22(15-18)27(30)31/h3-16H,2,17H2,1H3/b13-8+. The predicted molar refractivity (Wildman–Crippen MR) is 120 cm³/mol. The maximum atomic E-state index is 13.1. The van der Waals surface area contributed by atoms with Crippen LogP contribution in [0.2, 0.25) is 0 Å². The third kappa shape index (κ3) is 5.85. The van der Waals surface area contributed by atoms with Crippen molar-refractivity contribution in [1.29, 1.82) is 0 Å². The summed E-state index contributed by atoms with van der Waals surface area (Å²) in [5.41, 5.74) is 2.26. The van der Waals surface area contributed by atoms with Gasteiger partial charge in [-0.15, -0.1) is 0 Å². The first-order valence-electron chi connectivity index (χ1n) is 9.88. The number of nitro groups is 1. The second-order valence-electron chi connectivity index (χ2n) is 6.74. The van der Waals surface area contributed by atoms with E-state index in [2.05, 4.69) is 4.98 Å². The van der Waals surface area contributed by atoms with Gasteiger partial charge in [-0.05, 0) is 54.5 Å². The Morgan fingerprint density at radius 3 is 2.56 bits per heavy atom. The van der Waals surface area contributed by atoms with Crippen LogP contribution in [0, 0.1) is 10.1 Å². The highest BCUT2D eigenvalue weighted by Crippen LogP contribution is 2.20. The molecule has 0 radical (unpaired) electrons. The summed E-state index contributed by atoms with van der Waals surface area (Å²) in [6.45, 7) is 2.26. The summed E-state index contributed by atoms with van der Waals surface area (Å²) in [5.74, 6) is -0.765. The molecule has 2 aromatic carbocycles. The lowest BCUT2D eigenvalue weighted by atomic mass is 10.1. The number of rotatable bonds is 8. The molecule has 0 N–H and O–H groups in total. The molecule has 3 rings (SSSR count). The molecule has 0 aliphatic rings. The molecule has 1 amide bonds. The second kappa shape index (κ2) is 10.6. The Hall–Kier alpha value is -4.33. The van der Waals surface area contributed by atoms with Crippen molar-refractivity contribution in [2.75, 3.05) is 11.5 Å². The number of benzene rings is 2. The minimum atomic E-state index is -0.487. The largest absolute Gasteiger partial charge is 0.462 e. The van der Waals surface area contributed by atoms with Gasteiger partial charge in [-0.25, -0.2) is 4.79 Å². The molecule has 0 spiro atoms. The van der Waals surface area contributed by atoms with Crippen molar-refractivity contribution < 1.29 is 19.2 Å². The predicted octanol–water partition coefficient (Wildman–Crippen LogP) is 4.41. The summed E-state index contributed by atoms with van der Waals surface area (Å²) >= 11 is 0. The molecule has 162 valence electrons. The van der Waals surface area contributed by atoms with Crippen molar-refractivity contribution in [3.63, 3.8) is 0 Å². The van der Waals surface area contributed by atoms with E-state index in [4.69, 9.17) is 4.74 Å². The van der Waals surface area contributed by atoms with Gasteiger partial charge in [-0.3, -0.25) is 19.9 Å². The first-order chi connectivity index (χ1) is 15.5. The molecular formula is C24H21N3O5. The van der Waals surface area contributed by atoms with Gasteiger partial charge < -0.3 is 9.64 Å². The molecule has 3 aromatic rings. The van der Waals surface area contributed by atoms with Gasteiger partial charge in [0, 0.05) is 36.3 Å². The Labute approximate surface area is 184 Å². The van der Waals surface area contributed by atoms with Crippen molar-refractivity contribution in [2.45, 2.75) is 13.5 Å². The van der Waals surface area contributed by atoms with E-state index < -0.39 is 10.9 Å². The summed E-state index contributed by atoms with van der Waals surface area (Å²) in [4.78, 5) is 41.1. The maximum Gasteiger partial charge on any atom is 0.338 e. The molecular weight excluding hydrogens is 410 g/mol. The van der Waals surface area contributed by atoms with Crippen LogP contribution >= 0.6 is 0 Å².